The Morgan fingerprint density at radius 1 is 1.33 bits per heavy atom. The van der Waals surface area contributed by atoms with E-state index in [1.807, 2.05) is 7.05 Å². The normalized spacial score (nSPS) is 26.1. The fraction of sp³-hybridized carbons (Fsp3) is 0.833. The highest BCUT2D eigenvalue weighted by molar-refractivity contribution is 14.0. The number of hydrogen-bond donors (Lipinski definition) is 2. The van der Waals surface area contributed by atoms with Crippen LogP contribution in [0.5, 0.6) is 0 Å². The summed E-state index contributed by atoms with van der Waals surface area (Å²) in [6.07, 6.45) is 11.3. The van der Waals surface area contributed by atoms with E-state index >= 15 is 0 Å². The lowest BCUT2D eigenvalue weighted by atomic mass is 10.1. The Balaban J connectivity index is 0.00000208. The van der Waals surface area contributed by atoms with E-state index in [0.29, 0.717) is 6.04 Å². The predicted molar refractivity (Wildman–Crippen MR) is 110 cm³/mol. The van der Waals surface area contributed by atoms with Gasteiger partial charge in [-0.25, -0.2) is 0 Å². The molecule has 0 bridgehead atoms. The van der Waals surface area contributed by atoms with E-state index in [4.69, 9.17) is 4.74 Å². The van der Waals surface area contributed by atoms with E-state index in [2.05, 4.69) is 26.6 Å². The average molecular weight is 448 g/mol. The van der Waals surface area contributed by atoms with Crippen LogP contribution in [0.2, 0.25) is 0 Å². The molecule has 0 aromatic carbocycles. The van der Waals surface area contributed by atoms with Gasteiger partial charge in [-0.3, -0.25) is 9.89 Å². The quantitative estimate of drug-likeness (QED) is 0.294. The summed E-state index contributed by atoms with van der Waals surface area (Å²) in [6, 6.07) is 1.39. The van der Waals surface area contributed by atoms with Crippen molar-refractivity contribution >= 4 is 29.9 Å². The molecule has 0 spiro atoms. The van der Waals surface area contributed by atoms with E-state index in [1.54, 1.807) is 0 Å². The van der Waals surface area contributed by atoms with E-state index in [1.165, 1.54) is 50.8 Å². The first-order chi connectivity index (χ1) is 11.3. The third-order valence-electron chi connectivity index (χ3n) is 5.42. The summed E-state index contributed by atoms with van der Waals surface area (Å²) in [5.41, 5.74) is 1.51. The van der Waals surface area contributed by atoms with Crippen LogP contribution in [-0.4, -0.2) is 62.8 Å². The molecule has 1 aliphatic carbocycles. The molecule has 24 heavy (non-hydrogen) atoms. The maximum atomic E-state index is 5.35. The number of aliphatic imine (C=N–C) groups is 1. The SMILES string of the molecule is CN=C(NCCC1=CCOCC1)NC1CCN(C2CCCC2)C1.I. The lowest BCUT2D eigenvalue weighted by Crippen LogP contribution is -2.45. The summed E-state index contributed by atoms with van der Waals surface area (Å²) < 4.78 is 5.35. The molecule has 0 aromatic rings. The minimum atomic E-state index is 0. The lowest BCUT2D eigenvalue weighted by Gasteiger charge is -2.24. The van der Waals surface area contributed by atoms with E-state index in [-0.39, 0.29) is 24.0 Å². The van der Waals surface area contributed by atoms with Crippen LogP contribution in [0.4, 0.5) is 0 Å². The maximum absolute atomic E-state index is 5.35. The third kappa shape index (κ3) is 5.88. The monoisotopic (exact) mass is 448 g/mol. The largest absolute Gasteiger partial charge is 0.377 e. The highest BCUT2D eigenvalue weighted by Crippen LogP contribution is 2.26. The van der Waals surface area contributed by atoms with Gasteiger partial charge in [0.15, 0.2) is 5.96 Å². The molecule has 0 radical (unpaired) electrons. The molecule has 1 unspecified atom stereocenters. The fourth-order valence-corrected chi connectivity index (χ4v) is 4.03. The Hall–Kier alpha value is -0.340. The predicted octanol–water partition coefficient (Wildman–Crippen LogP) is 2.52. The average Bonchev–Trinajstić information content (AvgIpc) is 3.26. The van der Waals surface area contributed by atoms with Crippen molar-refractivity contribution in [2.75, 3.05) is 39.9 Å². The zero-order valence-electron chi connectivity index (χ0n) is 14.9. The standard InChI is InChI=1S/C18H32N4O.HI/c1-19-18(20-10-6-15-8-12-23-13-9-15)21-16-7-11-22(14-16)17-4-2-3-5-17;/h8,16-17H,2-7,9-14H2,1H3,(H2,19,20,21);1H. The molecule has 138 valence electrons. The molecule has 2 aliphatic heterocycles. The number of ether oxygens (including phenoxy) is 1. The number of nitrogens with zero attached hydrogens (tertiary/aromatic N) is 2. The summed E-state index contributed by atoms with van der Waals surface area (Å²) in [5, 5.41) is 7.08. The maximum Gasteiger partial charge on any atom is 0.191 e. The van der Waals surface area contributed by atoms with Crippen molar-refractivity contribution in [2.45, 2.75) is 57.0 Å². The molecule has 0 amide bonds. The van der Waals surface area contributed by atoms with Crippen molar-refractivity contribution in [2.24, 2.45) is 4.99 Å². The zero-order chi connectivity index (χ0) is 15.9. The molecule has 6 heteroatoms. The van der Waals surface area contributed by atoms with Crippen molar-refractivity contribution in [3.63, 3.8) is 0 Å². The minimum absolute atomic E-state index is 0. The van der Waals surface area contributed by atoms with Gasteiger partial charge in [0.05, 0.1) is 13.2 Å². The van der Waals surface area contributed by atoms with Gasteiger partial charge in [0.2, 0.25) is 0 Å². The number of rotatable bonds is 5. The molecule has 3 aliphatic rings. The highest BCUT2D eigenvalue weighted by atomic mass is 127. The first-order valence-corrected chi connectivity index (χ1v) is 9.32. The number of guanidine groups is 1. The number of hydrogen-bond acceptors (Lipinski definition) is 3. The molecular formula is C18H33IN4O. The second kappa shape index (κ2) is 10.6. The van der Waals surface area contributed by atoms with Gasteiger partial charge in [0.1, 0.15) is 0 Å². The Kier molecular flexibility index (Phi) is 8.83. The number of likely N-dealkylation sites (tertiary alicyclic amines) is 1. The Labute approximate surface area is 163 Å². The first-order valence-electron chi connectivity index (χ1n) is 9.32. The van der Waals surface area contributed by atoms with E-state index in [0.717, 1.165) is 44.6 Å². The van der Waals surface area contributed by atoms with Crippen LogP contribution in [0.1, 0.15) is 44.9 Å². The van der Waals surface area contributed by atoms with Crippen LogP contribution >= 0.6 is 24.0 Å². The third-order valence-corrected chi connectivity index (χ3v) is 5.42. The first kappa shape index (κ1) is 20.0. The molecule has 2 N–H and O–H groups in total. The summed E-state index contributed by atoms with van der Waals surface area (Å²) >= 11 is 0. The molecular weight excluding hydrogens is 415 g/mol. The lowest BCUT2D eigenvalue weighted by molar-refractivity contribution is 0.153. The van der Waals surface area contributed by atoms with Gasteiger partial charge < -0.3 is 15.4 Å². The van der Waals surface area contributed by atoms with Gasteiger partial charge in [-0.05, 0) is 32.1 Å². The highest BCUT2D eigenvalue weighted by Gasteiger charge is 2.30. The zero-order valence-corrected chi connectivity index (χ0v) is 17.3. The summed E-state index contributed by atoms with van der Waals surface area (Å²) in [6.45, 7) is 5.02. The second-order valence-corrected chi connectivity index (χ2v) is 7.00. The van der Waals surface area contributed by atoms with Crippen LogP contribution in [0, 0.1) is 0 Å². The van der Waals surface area contributed by atoms with Crippen LogP contribution in [0.25, 0.3) is 0 Å². The van der Waals surface area contributed by atoms with Gasteiger partial charge in [-0.1, -0.05) is 24.5 Å². The summed E-state index contributed by atoms with van der Waals surface area (Å²) in [4.78, 5) is 7.07. The fourth-order valence-electron chi connectivity index (χ4n) is 4.03. The van der Waals surface area contributed by atoms with Gasteiger partial charge in [-0.2, -0.15) is 0 Å². The van der Waals surface area contributed by atoms with E-state index in [9.17, 15) is 0 Å². The second-order valence-electron chi connectivity index (χ2n) is 7.00. The van der Waals surface area contributed by atoms with Gasteiger partial charge in [0, 0.05) is 38.8 Å². The van der Waals surface area contributed by atoms with Crippen molar-refractivity contribution < 1.29 is 4.74 Å². The van der Waals surface area contributed by atoms with Gasteiger partial charge in [0.25, 0.3) is 0 Å². The van der Waals surface area contributed by atoms with Crippen molar-refractivity contribution in [1.82, 2.24) is 15.5 Å². The topological polar surface area (TPSA) is 48.9 Å². The van der Waals surface area contributed by atoms with E-state index < -0.39 is 0 Å². The summed E-state index contributed by atoms with van der Waals surface area (Å²) in [7, 11) is 1.87. The smallest absolute Gasteiger partial charge is 0.191 e. The minimum Gasteiger partial charge on any atom is -0.377 e. The van der Waals surface area contributed by atoms with Crippen molar-refractivity contribution in [3.05, 3.63) is 11.6 Å². The Morgan fingerprint density at radius 3 is 2.88 bits per heavy atom. The molecule has 3 rings (SSSR count). The molecule has 0 aromatic heterocycles. The van der Waals surface area contributed by atoms with Gasteiger partial charge in [-0.15, -0.1) is 24.0 Å². The molecule has 2 fully saturated rings. The Morgan fingerprint density at radius 2 is 2.17 bits per heavy atom. The van der Waals surface area contributed by atoms with Crippen LogP contribution in [-0.2, 0) is 4.74 Å². The number of halogens is 1. The molecule has 1 atom stereocenters. The van der Waals surface area contributed by atoms with Crippen molar-refractivity contribution in [3.8, 4) is 0 Å². The molecule has 2 heterocycles. The summed E-state index contributed by atoms with van der Waals surface area (Å²) in [5.74, 6) is 0.955. The van der Waals surface area contributed by atoms with Crippen molar-refractivity contribution in [1.29, 1.82) is 0 Å². The molecule has 1 saturated heterocycles. The molecule has 1 saturated carbocycles. The van der Waals surface area contributed by atoms with Crippen LogP contribution < -0.4 is 10.6 Å². The van der Waals surface area contributed by atoms with Crippen LogP contribution in [0.3, 0.4) is 0 Å². The Bertz CT molecular complexity index is 435. The molecule has 5 nitrogen and oxygen atoms in total. The van der Waals surface area contributed by atoms with Crippen LogP contribution in [0.15, 0.2) is 16.6 Å². The van der Waals surface area contributed by atoms with Gasteiger partial charge >= 0.3 is 0 Å². The number of nitrogens with one attached hydrogen (secondary N) is 2.